The van der Waals surface area contributed by atoms with E-state index >= 15 is 0 Å². The average molecular weight is 383 g/mol. The van der Waals surface area contributed by atoms with Crippen LogP contribution in [0.15, 0.2) is 30.6 Å². The molecule has 2 fully saturated rings. The maximum atomic E-state index is 13.7. The SMILES string of the molecule is COc1ccc(C2(C(=O)N[C@@H](c3nccn3C)C3CC3)CCCC2)cc1OC. The van der Waals surface area contributed by atoms with E-state index in [1.54, 1.807) is 20.4 Å². The third-order valence-electron chi connectivity index (χ3n) is 6.34. The lowest BCUT2D eigenvalue weighted by Crippen LogP contribution is -2.45. The standard InChI is InChI=1S/C22H29N3O3/c1-25-13-12-23-20(25)19(15-6-7-15)24-21(26)22(10-4-5-11-22)16-8-9-17(27-2)18(14-16)28-3/h8-9,12-15,19H,4-7,10-11H2,1-3H3,(H,24,26)/t19-/m1/s1. The quantitative estimate of drug-likeness (QED) is 0.795. The summed E-state index contributed by atoms with van der Waals surface area (Å²) < 4.78 is 12.9. The highest BCUT2D eigenvalue weighted by Crippen LogP contribution is 2.46. The summed E-state index contributed by atoms with van der Waals surface area (Å²) >= 11 is 0. The van der Waals surface area contributed by atoms with E-state index in [9.17, 15) is 4.79 Å². The van der Waals surface area contributed by atoms with Gasteiger partial charge >= 0.3 is 0 Å². The first-order chi connectivity index (χ1) is 13.6. The van der Waals surface area contributed by atoms with Crippen molar-refractivity contribution in [3.63, 3.8) is 0 Å². The molecular formula is C22H29N3O3. The lowest BCUT2D eigenvalue weighted by molar-refractivity contribution is -0.127. The van der Waals surface area contributed by atoms with Crippen LogP contribution < -0.4 is 14.8 Å². The maximum absolute atomic E-state index is 13.7. The van der Waals surface area contributed by atoms with Crippen molar-refractivity contribution in [2.45, 2.75) is 50.0 Å². The third kappa shape index (κ3) is 3.25. The molecule has 2 aliphatic carbocycles. The predicted octanol–water partition coefficient (Wildman–Crippen LogP) is 3.52. The first-order valence-corrected chi connectivity index (χ1v) is 10.1. The van der Waals surface area contributed by atoms with E-state index in [2.05, 4.69) is 10.3 Å². The van der Waals surface area contributed by atoms with Crippen molar-refractivity contribution in [2.24, 2.45) is 13.0 Å². The minimum absolute atomic E-state index is 0.0230. The molecule has 4 rings (SSSR count). The molecule has 1 aromatic carbocycles. The number of hydrogen-bond donors (Lipinski definition) is 1. The van der Waals surface area contributed by atoms with Gasteiger partial charge in [-0.25, -0.2) is 4.98 Å². The number of aromatic nitrogens is 2. The maximum Gasteiger partial charge on any atom is 0.231 e. The fourth-order valence-electron chi connectivity index (χ4n) is 4.54. The summed E-state index contributed by atoms with van der Waals surface area (Å²) in [7, 11) is 5.25. The van der Waals surface area contributed by atoms with Crippen LogP contribution in [0.1, 0.15) is 56.0 Å². The van der Waals surface area contributed by atoms with E-state index in [-0.39, 0.29) is 11.9 Å². The van der Waals surface area contributed by atoms with Gasteiger partial charge in [0.05, 0.1) is 25.7 Å². The van der Waals surface area contributed by atoms with Gasteiger partial charge in [-0.2, -0.15) is 0 Å². The lowest BCUT2D eigenvalue weighted by atomic mass is 9.77. The molecule has 2 saturated carbocycles. The van der Waals surface area contributed by atoms with Crippen LogP contribution in [0.2, 0.25) is 0 Å². The fourth-order valence-corrected chi connectivity index (χ4v) is 4.54. The van der Waals surface area contributed by atoms with Crippen molar-refractivity contribution in [1.29, 1.82) is 0 Å². The first-order valence-electron chi connectivity index (χ1n) is 10.1. The van der Waals surface area contributed by atoms with Crippen LogP contribution in [-0.4, -0.2) is 29.7 Å². The van der Waals surface area contributed by atoms with Crippen molar-refractivity contribution >= 4 is 5.91 Å². The first kappa shape index (κ1) is 18.8. The van der Waals surface area contributed by atoms with Crippen molar-refractivity contribution in [3.8, 4) is 11.5 Å². The summed E-state index contributed by atoms with van der Waals surface area (Å²) in [5, 5.41) is 3.38. The van der Waals surface area contributed by atoms with Gasteiger partial charge in [0.15, 0.2) is 11.5 Å². The highest BCUT2D eigenvalue weighted by molar-refractivity contribution is 5.89. The number of carbonyl (C=O) groups excluding carboxylic acids is 1. The molecule has 6 heteroatoms. The Hall–Kier alpha value is -2.50. The van der Waals surface area contributed by atoms with Gasteiger partial charge in [0.2, 0.25) is 5.91 Å². The molecule has 0 bridgehead atoms. The number of imidazole rings is 1. The number of hydrogen-bond acceptors (Lipinski definition) is 4. The third-order valence-corrected chi connectivity index (χ3v) is 6.34. The number of nitrogens with zero attached hydrogens (tertiary/aromatic N) is 2. The molecule has 0 spiro atoms. The van der Waals surface area contributed by atoms with Crippen molar-refractivity contribution in [1.82, 2.24) is 14.9 Å². The molecule has 0 unspecified atom stereocenters. The number of nitrogens with one attached hydrogen (secondary N) is 1. The van der Waals surface area contributed by atoms with Gasteiger partial charge in [0.1, 0.15) is 5.82 Å². The van der Waals surface area contributed by atoms with Crippen LogP contribution in [0, 0.1) is 5.92 Å². The highest BCUT2D eigenvalue weighted by Gasteiger charge is 2.46. The second-order valence-corrected chi connectivity index (χ2v) is 8.04. The smallest absolute Gasteiger partial charge is 0.231 e. The van der Waals surface area contributed by atoms with Gasteiger partial charge < -0.3 is 19.4 Å². The van der Waals surface area contributed by atoms with Crippen LogP contribution in [0.3, 0.4) is 0 Å². The Morgan fingerprint density at radius 2 is 1.93 bits per heavy atom. The summed E-state index contributed by atoms with van der Waals surface area (Å²) in [6.45, 7) is 0. The summed E-state index contributed by atoms with van der Waals surface area (Å²) in [5.74, 6) is 2.88. The molecule has 28 heavy (non-hydrogen) atoms. The number of amides is 1. The molecule has 1 heterocycles. The van der Waals surface area contributed by atoms with Gasteiger partial charge in [-0.15, -0.1) is 0 Å². The fraction of sp³-hybridized carbons (Fsp3) is 0.545. The Morgan fingerprint density at radius 1 is 1.21 bits per heavy atom. The van der Waals surface area contributed by atoms with Crippen LogP contribution in [0.5, 0.6) is 11.5 Å². The van der Waals surface area contributed by atoms with Crippen LogP contribution in [-0.2, 0) is 17.3 Å². The summed E-state index contributed by atoms with van der Waals surface area (Å²) in [6.07, 6.45) is 9.84. The van der Waals surface area contributed by atoms with Gasteiger partial charge in [-0.1, -0.05) is 18.9 Å². The van der Waals surface area contributed by atoms with E-state index in [0.717, 1.165) is 49.9 Å². The van der Waals surface area contributed by atoms with Gasteiger partial charge in [0, 0.05) is 19.4 Å². The molecule has 0 saturated heterocycles. The number of ether oxygens (including phenoxy) is 2. The number of aryl methyl sites for hydroxylation is 1. The summed E-state index contributed by atoms with van der Waals surface area (Å²) in [4.78, 5) is 18.2. The zero-order valence-corrected chi connectivity index (χ0v) is 16.9. The normalized spacial score (nSPS) is 19.2. The van der Waals surface area contributed by atoms with Crippen LogP contribution in [0.4, 0.5) is 0 Å². The number of rotatable bonds is 7. The number of carbonyl (C=O) groups is 1. The highest BCUT2D eigenvalue weighted by atomic mass is 16.5. The number of benzene rings is 1. The lowest BCUT2D eigenvalue weighted by Gasteiger charge is -2.31. The van der Waals surface area contributed by atoms with E-state index in [1.165, 1.54) is 0 Å². The minimum Gasteiger partial charge on any atom is -0.493 e. The molecule has 1 aromatic heterocycles. The second kappa shape index (κ2) is 7.49. The van der Waals surface area contributed by atoms with Crippen LogP contribution in [0.25, 0.3) is 0 Å². The van der Waals surface area contributed by atoms with Crippen molar-refractivity contribution < 1.29 is 14.3 Å². The molecule has 1 N–H and O–H groups in total. The largest absolute Gasteiger partial charge is 0.493 e. The molecule has 6 nitrogen and oxygen atoms in total. The van der Waals surface area contributed by atoms with Gasteiger partial charge in [-0.3, -0.25) is 4.79 Å². The molecule has 2 aliphatic rings. The van der Waals surface area contributed by atoms with E-state index in [0.29, 0.717) is 17.4 Å². The van der Waals surface area contributed by atoms with Crippen LogP contribution >= 0.6 is 0 Å². The average Bonchev–Trinajstić information content (AvgIpc) is 3.27. The molecular weight excluding hydrogens is 354 g/mol. The molecule has 0 aliphatic heterocycles. The van der Waals surface area contributed by atoms with Crippen molar-refractivity contribution in [2.75, 3.05) is 14.2 Å². The second-order valence-electron chi connectivity index (χ2n) is 8.04. The topological polar surface area (TPSA) is 65.4 Å². The Labute approximate surface area is 166 Å². The number of methoxy groups -OCH3 is 2. The van der Waals surface area contributed by atoms with E-state index < -0.39 is 5.41 Å². The van der Waals surface area contributed by atoms with E-state index in [4.69, 9.17) is 9.47 Å². The minimum atomic E-state index is -0.516. The molecule has 2 aromatic rings. The Bertz CT molecular complexity index is 850. The Morgan fingerprint density at radius 3 is 2.50 bits per heavy atom. The Balaban J connectivity index is 1.65. The predicted molar refractivity (Wildman–Crippen MR) is 107 cm³/mol. The van der Waals surface area contributed by atoms with E-state index in [1.807, 2.05) is 36.0 Å². The monoisotopic (exact) mass is 383 g/mol. The molecule has 1 amide bonds. The molecule has 1 atom stereocenters. The summed E-state index contributed by atoms with van der Waals surface area (Å²) in [5.41, 5.74) is 0.493. The zero-order chi connectivity index (χ0) is 19.7. The van der Waals surface area contributed by atoms with Gasteiger partial charge in [0.25, 0.3) is 0 Å². The van der Waals surface area contributed by atoms with Gasteiger partial charge in [-0.05, 0) is 49.3 Å². The summed E-state index contributed by atoms with van der Waals surface area (Å²) in [6, 6.07) is 5.86. The van der Waals surface area contributed by atoms with Crippen molar-refractivity contribution in [3.05, 3.63) is 42.0 Å². The molecule has 0 radical (unpaired) electrons. The Kier molecular flexibility index (Phi) is 5.04. The zero-order valence-electron chi connectivity index (χ0n) is 16.9. The molecule has 150 valence electrons.